The van der Waals surface area contributed by atoms with Crippen molar-refractivity contribution >= 4 is 15.7 Å². The molecule has 0 radical (unpaired) electrons. The molecule has 24 heavy (non-hydrogen) atoms. The first-order chi connectivity index (χ1) is 11.2. The number of aryl methyl sites for hydroxylation is 1. The van der Waals surface area contributed by atoms with Crippen molar-refractivity contribution in [2.75, 3.05) is 4.72 Å². The Balaban J connectivity index is 2.11. The van der Waals surface area contributed by atoms with Crippen molar-refractivity contribution < 1.29 is 26.3 Å². The van der Waals surface area contributed by atoms with Gasteiger partial charge in [0.25, 0.3) is 10.0 Å². The van der Waals surface area contributed by atoms with Gasteiger partial charge in [0.05, 0.1) is 4.90 Å². The van der Waals surface area contributed by atoms with Crippen molar-refractivity contribution in [2.45, 2.75) is 31.0 Å². The van der Waals surface area contributed by atoms with Gasteiger partial charge in [0.2, 0.25) is 0 Å². The number of halogens is 3. The summed E-state index contributed by atoms with van der Waals surface area (Å²) in [5.41, 5.74) is 1.17. The van der Waals surface area contributed by atoms with Crippen molar-refractivity contribution in [3.63, 3.8) is 0 Å². The van der Waals surface area contributed by atoms with Crippen LogP contribution in [-0.4, -0.2) is 14.8 Å². The van der Waals surface area contributed by atoms with E-state index in [1.165, 1.54) is 24.3 Å². The number of hydrogen-bond acceptors (Lipinski definition) is 3. The molecule has 0 aliphatic carbocycles. The molecule has 0 aliphatic rings. The fraction of sp³-hybridized carbons (Fsp3) is 0.250. The standard InChI is InChI=1S/C16H16F3NO3S/c1-2-3-12-4-10-15(11-5-12)24(21,22)20-13-6-8-14(9-7-13)23-16(17,18)19/h4-11,20H,2-3H2,1H3. The van der Waals surface area contributed by atoms with Gasteiger partial charge in [0.15, 0.2) is 0 Å². The van der Waals surface area contributed by atoms with E-state index in [1.54, 1.807) is 12.1 Å². The quantitative estimate of drug-likeness (QED) is 0.835. The lowest BCUT2D eigenvalue weighted by molar-refractivity contribution is -0.274. The highest BCUT2D eigenvalue weighted by Crippen LogP contribution is 2.25. The zero-order valence-electron chi connectivity index (χ0n) is 12.8. The minimum absolute atomic E-state index is 0.0815. The Bertz CT molecular complexity index is 770. The van der Waals surface area contributed by atoms with Crippen LogP contribution in [-0.2, 0) is 16.4 Å². The van der Waals surface area contributed by atoms with Gasteiger partial charge in [-0.05, 0) is 48.4 Å². The molecule has 0 spiro atoms. The van der Waals surface area contributed by atoms with E-state index in [1.807, 2.05) is 6.92 Å². The van der Waals surface area contributed by atoms with Gasteiger partial charge in [-0.2, -0.15) is 0 Å². The smallest absolute Gasteiger partial charge is 0.406 e. The summed E-state index contributed by atoms with van der Waals surface area (Å²) < 4.78 is 66.8. The molecule has 1 N–H and O–H groups in total. The molecule has 2 aromatic rings. The molecule has 0 aromatic heterocycles. The van der Waals surface area contributed by atoms with Crippen LogP contribution in [0.2, 0.25) is 0 Å². The number of sulfonamides is 1. The van der Waals surface area contributed by atoms with E-state index in [2.05, 4.69) is 9.46 Å². The molecule has 0 fully saturated rings. The second kappa shape index (κ2) is 7.12. The topological polar surface area (TPSA) is 55.4 Å². The highest BCUT2D eigenvalue weighted by Gasteiger charge is 2.31. The van der Waals surface area contributed by atoms with Gasteiger partial charge in [0, 0.05) is 5.69 Å². The van der Waals surface area contributed by atoms with Crippen LogP contribution in [0.1, 0.15) is 18.9 Å². The molecule has 0 bridgehead atoms. The summed E-state index contributed by atoms with van der Waals surface area (Å²) in [7, 11) is -3.81. The first-order valence-corrected chi connectivity index (χ1v) is 8.65. The van der Waals surface area contributed by atoms with Crippen molar-refractivity contribution in [2.24, 2.45) is 0 Å². The number of rotatable bonds is 6. The van der Waals surface area contributed by atoms with E-state index in [4.69, 9.17) is 0 Å². The molecule has 8 heteroatoms. The third-order valence-electron chi connectivity index (χ3n) is 3.11. The molecule has 0 atom stereocenters. The number of benzene rings is 2. The summed E-state index contributed by atoms with van der Waals surface area (Å²) >= 11 is 0. The monoisotopic (exact) mass is 359 g/mol. The first-order valence-electron chi connectivity index (χ1n) is 7.17. The Labute approximate surface area is 138 Å². The largest absolute Gasteiger partial charge is 0.573 e. The second-order valence-corrected chi connectivity index (χ2v) is 6.75. The first kappa shape index (κ1) is 18.1. The van der Waals surface area contributed by atoms with Gasteiger partial charge in [-0.15, -0.1) is 13.2 Å². The Hall–Kier alpha value is -2.22. The number of hydrogen-bond donors (Lipinski definition) is 1. The van der Waals surface area contributed by atoms with Crippen LogP contribution in [0.25, 0.3) is 0 Å². The molecule has 0 heterocycles. The minimum Gasteiger partial charge on any atom is -0.406 e. The van der Waals surface area contributed by atoms with Crippen molar-refractivity contribution in [3.05, 3.63) is 54.1 Å². The lowest BCUT2D eigenvalue weighted by Crippen LogP contribution is -2.17. The average molecular weight is 359 g/mol. The SMILES string of the molecule is CCCc1ccc(S(=O)(=O)Nc2ccc(OC(F)(F)F)cc2)cc1. The number of nitrogens with one attached hydrogen (secondary N) is 1. The fourth-order valence-corrected chi connectivity index (χ4v) is 3.12. The lowest BCUT2D eigenvalue weighted by atomic mass is 10.1. The molecule has 0 amide bonds. The van der Waals surface area contributed by atoms with Crippen LogP contribution in [0.15, 0.2) is 53.4 Å². The van der Waals surface area contributed by atoms with Gasteiger partial charge >= 0.3 is 6.36 Å². The molecule has 0 saturated heterocycles. The van der Waals surface area contributed by atoms with E-state index >= 15 is 0 Å². The number of ether oxygens (including phenoxy) is 1. The summed E-state index contributed by atoms with van der Waals surface area (Å²) in [6.07, 6.45) is -2.98. The lowest BCUT2D eigenvalue weighted by Gasteiger charge is -2.11. The minimum atomic E-state index is -4.79. The van der Waals surface area contributed by atoms with E-state index in [-0.39, 0.29) is 10.6 Å². The van der Waals surface area contributed by atoms with Crippen molar-refractivity contribution in [1.29, 1.82) is 0 Å². The molecular weight excluding hydrogens is 343 g/mol. The summed E-state index contributed by atoms with van der Waals surface area (Å²) in [6, 6.07) is 10.9. The van der Waals surface area contributed by atoms with Gasteiger partial charge in [-0.25, -0.2) is 8.42 Å². The van der Waals surface area contributed by atoms with Gasteiger partial charge < -0.3 is 4.74 Å². The van der Waals surface area contributed by atoms with Crippen LogP contribution in [0, 0.1) is 0 Å². The van der Waals surface area contributed by atoms with Crippen LogP contribution < -0.4 is 9.46 Å². The Morgan fingerprint density at radius 2 is 1.58 bits per heavy atom. The third kappa shape index (κ3) is 5.16. The molecule has 0 saturated carbocycles. The number of alkyl halides is 3. The van der Waals surface area contributed by atoms with Crippen molar-refractivity contribution in [1.82, 2.24) is 0 Å². The maximum atomic E-state index is 12.3. The Morgan fingerprint density at radius 3 is 2.08 bits per heavy atom. The zero-order chi connectivity index (χ0) is 17.8. The molecule has 0 unspecified atom stereocenters. The number of anilines is 1. The van der Waals surface area contributed by atoms with Crippen LogP contribution in [0.5, 0.6) is 5.75 Å². The van der Waals surface area contributed by atoms with E-state index in [0.717, 1.165) is 30.5 Å². The summed E-state index contributed by atoms with van der Waals surface area (Å²) in [4.78, 5) is 0.0815. The van der Waals surface area contributed by atoms with Gasteiger partial charge in [-0.1, -0.05) is 25.5 Å². The maximum Gasteiger partial charge on any atom is 0.573 e. The molecule has 2 rings (SSSR count). The summed E-state index contributed by atoms with van der Waals surface area (Å²) in [5.74, 6) is -0.422. The molecule has 0 aliphatic heterocycles. The van der Waals surface area contributed by atoms with Gasteiger partial charge in [0.1, 0.15) is 5.75 Å². The van der Waals surface area contributed by atoms with E-state index in [0.29, 0.717) is 0 Å². The van der Waals surface area contributed by atoms with Crippen LogP contribution in [0.4, 0.5) is 18.9 Å². The normalized spacial score (nSPS) is 12.0. The highest BCUT2D eigenvalue weighted by molar-refractivity contribution is 7.92. The summed E-state index contributed by atoms with van der Waals surface area (Å²) in [6.45, 7) is 2.03. The molecular formula is C16H16F3NO3S. The average Bonchev–Trinajstić information content (AvgIpc) is 2.48. The van der Waals surface area contributed by atoms with E-state index < -0.39 is 22.1 Å². The van der Waals surface area contributed by atoms with E-state index in [9.17, 15) is 21.6 Å². The molecule has 4 nitrogen and oxygen atoms in total. The fourth-order valence-electron chi connectivity index (χ4n) is 2.06. The summed E-state index contributed by atoms with van der Waals surface area (Å²) in [5, 5.41) is 0. The van der Waals surface area contributed by atoms with Crippen molar-refractivity contribution in [3.8, 4) is 5.75 Å². The van der Waals surface area contributed by atoms with Gasteiger partial charge in [-0.3, -0.25) is 4.72 Å². The molecule has 130 valence electrons. The second-order valence-electron chi connectivity index (χ2n) is 5.07. The van der Waals surface area contributed by atoms with Crippen LogP contribution in [0.3, 0.4) is 0 Å². The predicted octanol–water partition coefficient (Wildman–Crippen LogP) is 4.34. The Kier molecular flexibility index (Phi) is 5.38. The zero-order valence-corrected chi connectivity index (χ0v) is 13.6. The molecule has 2 aromatic carbocycles. The highest BCUT2D eigenvalue weighted by atomic mass is 32.2. The Morgan fingerprint density at radius 1 is 1.00 bits per heavy atom. The predicted molar refractivity (Wildman–Crippen MR) is 84.4 cm³/mol. The maximum absolute atomic E-state index is 12.3. The third-order valence-corrected chi connectivity index (χ3v) is 4.51. The van der Waals surface area contributed by atoms with Crippen LogP contribution >= 0.6 is 0 Å².